The highest BCUT2D eigenvalue weighted by molar-refractivity contribution is 6.30. The van der Waals surface area contributed by atoms with Gasteiger partial charge in [-0.2, -0.15) is 9.97 Å². The minimum atomic E-state index is -0.830. The summed E-state index contributed by atoms with van der Waals surface area (Å²) in [6.07, 6.45) is 7.77. The number of pyridine rings is 1. The molecule has 3 aliphatic heterocycles. The molecule has 0 aromatic carbocycles. The quantitative estimate of drug-likeness (QED) is 0.653. The van der Waals surface area contributed by atoms with Crippen LogP contribution in [0.3, 0.4) is 0 Å². The molecule has 2 aromatic heterocycles. The molecule has 5 heterocycles. The van der Waals surface area contributed by atoms with Crippen LogP contribution < -0.4 is 9.64 Å². The van der Waals surface area contributed by atoms with Gasteiger partial charge in [0, 0.05) is 31.7 Å². The van der Waals surface area contributed by atoms with Gasteiger partial charge in [-0.05, 0) is 44.6 Å². The standard InChI is InChI=1S/C22H26ClF2N5O/c23-19-17(25)18-15(10-26-19)20(30-7-2-1-4-13-8-16(13)30)28-21(27-18)31-12-22-5-3-6-29(22)11-14(24)9-22/h10,13-14,16H,1-9,11-12H2/t13?,14-,16?,22?/m1/s1. The molecule has 0 radical (unpaired) electrons. The summed E-state index contributed by atoms with van der Waals surface area (Å²) in [4.78, 5) is 17.6. The maximum Gasteiger partial charge on any atom is 0.319 e. The third-order valence-electron chi connectivity index (χ3n) is 7.61. The second-order valence-electron chi connectivity index (χ2n) is 9.57. The maximum atomic E-state index is 14.9. The van der Waals surface area contributed by atoms with E-state index in [2.05, 4.69) is 19.8 Å². The van der Waals surface area contributed by atoms with E-state index in [0.29, 0.717) is 42.7 Å². The van der Waals surface area contributed by atoms with Crippen LogP contribution in [-0.2, 0) is 0 Å². The molecule has 3 unspecified atom stereocenters. The van der Waals surface area contributed by atoms with E-state index in [1.54, 1.807) is 6.20 Å². The van der Waals surface area contributed by atoms with Crippen molar-refractivity contribution in [1.82, 2.24) is 19.9 Å². The Labute approximate surface area is 184 Å². The zero-order valence-electron chi connectivity index (χ0n) is 17.4. The fraction of sp³-hybridized carbons (Fsp3) is 0.682. The summed E-state index contributed by atoms with van der Waals surface area (Å²) in [7, 11) is 0. The van der Waals surface area contributed by atoms with Gasteiger partial charge in [-0.15, -0.1) is 0 Å². The average molecular weight is 450 g/mol. The van der Waals surface area contributed by atoms with E-state index in [1.807, 2.05) is 0 Å². The number of ether oxygens (including phenoxy) is 1. The molecule has 0 spiro atoms. The van der Waals surface area contributed by atoms with Gasteiger partial charge in [0.1, 0.15) is 24.1 Å². The Morgan fingerprint density at radius 1 is 1.23 bits per heavy atom. The molecule has 1 aliphatic carbocycles. The fourth-order valence-electron chi connectivity index (χ4n) is 5.97. The van der Waals surface area contributed by atoms with Gasteiger partial charge in [-0.1, -0.05) is 18.0 Å². The Morgan fingerprint density at radius 3 is 3.03 bits per heavy atom. The number of halogens is 3. The summed E-state index contributed by atoms with van der Waals surface area (Å²) in [5, 5.41) is 0.354. The smallest absolute Gasteiger partial charge is 0.319 e. The first kappa shape index (κ1) is 19.9. The van der Waals surface area contributed by atoms with E-state index < -0.39 is 12.0 Å². The molecule has 4 fully saturated rings. The lowest BCUT2D eigenvalue weighted by molar-refractivity contribution is 0.107. The topological polar surface area (TPSA) is 54.4 Å². The van der Waals surface area contributed by atoms with Crippen molar-refractivity contribution in [1.29, 1.82) is 0 Å². The Morgan fingerprint density at radius 2 is 2.13 bits per heavy atom. The average Bonchev–Trinajstić information content (AvgIpc) is 3.36. The van der Waals surface area contributed by atoms with Gasteiger partial charge in [0.2, 0.25) is 0 Å². The van der Waals surface area contributed by atoms with Crippen LogP contribution in [0.1, 0.15) is 44.9 Å². The normalized spacial score (nSPS) is 32.7. The lowest BCUT2D eigenvalue weighted by Crippen LogP contribution is -2.43. The highest BCUT2D eigenvalue weighted by atomic mass is 35.5. The van der Waals surface area contributed by atoms with Crippen molar-refractivity contribution in [2.45, 2.75) is 62.7 Å². The third kappa shape index (κ3) is 3.33. The maximum absolute atomic E-state index is 14.9. The van der Waals surface area contributed by atoms with Crippen LogP contribution in [0.25, 0.3) is 10.9 Å². The third-order valence-corrected chi connectivity index (χ3v) is 7.88. The Bertz CT molecular complexity index is 1030. The number of aromatic nitrogens is 3. The van der Waals surface area contributed by atoms with Crippen molar-refractivity contribution in [3.8, 4) is 6.01 Å². The van der Waals surface area contributed by atoms with Gasteiger partial charge >= 0.3 is 6.01 Å². The largest absolute Gasteiger partial charge is 0.461 e. The Kier molecular flexibility index (Phi) is 4.72. The van der Waals surface area contributed by atoms with Crippen LogP contribution in [-0.4, -0.2) is 63.8 Å². The molecule has 1 saturated carbocycles. The minimum Gasteiger partial charge on any atom is -0.461 e. The number of rotatable bonds is 4. The number of hydrogen-bond donors (Lipinski definition) is 0. The van der Waals surface area contributed by atoms with Crippen molar-refractivity contribution in [3.63, 3.8) is 0 Å². The zero-order valence-corrected chi connectivity index (χ0v) is 18.1. The van der Waals surface area contributed by atoms with E-state index in [9.17, 15) is 8.78 Å². The first-order chi connectivity index (χ1) is 15.0. The number of alkyl halides is 1. The molecule has 6 rings (SSSR count). The number of anilines is 1. The lowest BCUT2D eigenvalue weighted by Gasteiger charge is -2.31. The molecule has 0 bridgehead atoms. The van der Waals surface area contributed by atoms with Gasteiger partial charge in [0.15, 0.2) is 11.0 Å². The summed E-state index contributed by atoms with van der Waals surface area (Å²) in [6, 6.07) is 0.562. The summed E-state index contributed by atoms with van der Waals surface area (Å²) >= 11 is 5.96. The van der Waals surface area contributed by atoms with Crippen LogP contribution in [0, 0.1) is 11.7 Å². The first-order valence-corrected chi connectivity index (χ1v) is 11.7. The summed E-state index contributed by atoms with van der Waals surface area (Å²) < 4.78 is 35.1. The predicted molar refractivity (Wildman–Crippen MR) is 114 cm³/mol. The Balaban J connectivity index is 1.37. The summed E-state index contributed by atoms with van der Waals surface area (Å²) in [5.41, 5.74) is -0.173. The predicted octanol–water partition coefficient (Wildman–Crippen LogP) is 4.15. The molecule has 0 N–H and O–H groups in total. The molecule has 2 aromatic rings. The second-order valence-corrected chi connectivity index (χ2v) is 9.93. The molecule has 9 heteroatoms. The number of hydrogen-bond acceptors (Lipinski definition) is 6. The van der Waals surface area contributed by atoms with Gasteiger partial charge in [0.25, 0.3) is 0 Å². The SMILES string of the molecule is Fc1c(Cl)ncc2c(N3CCCCC4CC43)nc(OCC34CCCN3C[C@H](F)C4)nc12. The highest BCUT2D eigenvalue weighted by Crippen LogP contribution is 2.45. The van der Waals surface area contributed by atoms with E-state index in [4.69, 9.17) is 21.3 Å². The van der Waals surface area contributed by atoms with Crippen molar-refractivity contribution >= 4 is 28.3 Å². The molecule has 4 atom stereocenters. The van der Waals surface area contributed by atoms with Crippen molar-refractivity contribution in [3.05, 3.63) is 17.2 Å². The highest BCUT2D eigenvalue weighted by Gasteiger charge is 2.49. The van der Waals surface area contributed by atoms with Crippen LogP contribution in [0.15, 0.2) is 6.20 Å². The van der Waals surface area contributed by atoms with Crippen molar-refractivity contribution < 1.29 is 13.5 Å². The van der Waals surface area contributed by atoms with Crippen molar-refractivity contribution in [2.24, 2.45) is 5.92 Å². The van der Waals surface area contributed by atoms with Gasteiger partial charge in [-0.3, -0.25) is 4.90 Å². The molecule has 31 heavy (non-hydrogen) atoms. The molecule has 6 nitrogen and oxygen atoms in total. The molecule has 166 valence electrons. The molecular weight excluding hydrogens is 424 g/mol. The van der Waals surface area contributed by atoms with Crippen molar-refractivity contribution in [2.75, 3.05) is 31.1 Å². The molecular formula is C22H26ClF2N5O. The first-order valence-electron chi connectivity index (χ1n) is 11.3. The summed E-state index contributed by atoms with van der Waals surface area (Å²) in [5.74, 6) is 0.695. The monoisotopic (exact) mass is 449 g/mol. The zero-order chi connectivity index (χ0) is 21.2. The second kappa shape index (κ2) is 7.37. The molecule has 3 saturated heterocycles. The Hall–Kier alpha value is -1.80. The molecule has 0 amide bonds. The van der Waals surface area contributed by atoms with Crippen LogP contribution in [0.5, 0.6) is 6.01 Å². The van der Waals surface area contributed by atoms with Crippen LogP contribution >= 0.6 is 11.6 Å². The van der Waals surface area contributed by atoms with E-state index in [0.717, 1.165) is 38.8 Å². The lowest BCUT2D eigenvalue weighted by atomic mass is 9.95. The molecule has 4 aliphatic rings. The minimum absolute atomic E-state index is 0.133. The number of nitrogens with zero attached hydrogens (tertiary/aromatic N) is 5. The van der Waals surface area contributed by atoms with Gasteiger partial charge in [-0.25, -0.2) is 13.8 Å². The van der Waals surface area contributed by atoms with Gasteiger partial charge in [0.05, 0.1) is 10.9 Å². The fourth-order valence-corrected chi connectivity index (χ4v) is 6.11. The van der Waals surface area contributed by atoms with Crippen LogP contribution in [0.2, 0.25) is 5.15 Å². The van der Waals surface area contributed by atoms with Crippen LogP contribution in [0.4, 0.5) is 14.6 Å². The van der Waals surface area contributed by atoms with E-state index >= 15 is 0 Å². The number of fused-ring (bicyclic) bond motifs is 3. The van der Waals surface area contributed by atoms with E-state index in [1.165, 1.54) is 12.8 Å². The van der Waals surface area contributed by atoms with Gasteiger partial charge < -0.3 is 9.64 Å². The van der Waals surface area contributed by atoms with E-state index in [-0.39, 0.29) is 22.2 Å². The summed E-state index contributed by atoms with van der Waals surface area (Å²) in [6.45, 7) is 2.53.